The van der Waals surface area contributed by atoms with Crippen LogP contribution in [-0.2, 0) is 10.0 Å². The molecule has 9 heteroatoms. The minimum Gasteiger partial charge on any atom is -0.300 e. The van der Waals surface area contributed by atoms with E-state index in [0.29, 0.717) is 22.2 Å². The zero-order chi connectivity index (χ0) is 20.9. The van der Waals surface area contributed by atoms with Crippen LogP contribution in [0.15, 0.2) is 69.4 Å². The molecule has 0 unspecified atom stereocenters. The smallest absolute Gasteiger partial charge is 0.270 e. The number of aromatic nitrogens is 2. The van der Waals surface area contributed by atoms with Crippen molar-refractivity contribution in [1.29, 1.82) is 5.26 Å². The van der Waals surface area contributed by atoms with E-state index in [1.54, 1.807) is 48.5 Å². The minimum atomic E-state index is -3.60. The van der Waals surface area contributed by atoms with Crippen molar-refractivity contribution in [1.82, 2.24) is 14.7 Å². The molecule has 0 amide bonds. The van der Waals surface area contributed by atoms with Gasteiger partial charge in [-0.25, -0.2) is 18.1 Å². The Morgan fingerprint density at radius 1 is 1.14 bits per heavy atom. The van der Waals surface area contributed by atoms with Crippen molar-refractivity contribution in [2.24, 2.45) is 0 Å². The number of H-pyrrole nitrogens is 1. The third kappa shape index (κ3) is 5.12. The molecule has 0 aliphatic heterocycles. The van der Waals surface area contributed by atoms with Crippen molar-refractivity contribution in [2.45, 2.75) is 17.0 Å². The maximum Gasteiger partial charge on any atom is 0.270 e. The van der Waals surface area contributed by atoms with Gasteiger partial charge in [0.1, 0.15) is 11.6 Å². The predicted octanol–water partition coefficient (Wildman–Crippen LogP) is 2.69. The molecule has 148 valence electrons. The summed E-state index contributed by atoms with van der Waals surface area (Å²) in [6, 6.07) is 17.4. The zero-order valence-electron chi connectivity index (χ0n) is 15.5. The van der Waals surface area contributed by atoms with Gasteiger partial charge in [0.05, 0.1) is 10.6 Å². The van der Waals surface area contributed by atoms with E-state index in [4.69, 9.17) is 0 Å². The molecule has 0 fully saturated rings. The van der Waals surface area contributed by atoms with E-state index >= 15 is 0 Å². The molecule has 2 aromatic carbocycles. The number of nitriles is 1. The summed E-state index contributed by atoms with van der Waals surface area (Å²) >= 11 is 1.20. The highest BCUT2D eigenvalue weighted by atomic mass is 32.2. The molecule has 0 atom stereocenters. The van der Waals surface area contributed by atoms with E-state index in [0.717, 1.165) is 5.56 Å². The Morgan fingerprint density at radius 2 is 1.83 bits per heavy atom. The van der Waals surface area contributed by atoms with E-state index in [1.165, 1.54) is 11.8 Å². The molecule has 0 saturated carbocycles. The molecule has 0 aliphatic carbocycles. The van der Waals surface area contributed by atoms with E-state index in [-0.39, 0.29) is 17.0 Å². The Bertz CT molecular complexity index is 1200. The summed E-state index contributed by atoms with van der Waals surface area (Å²) in [7, 11) is -3.60. The molecule has 0 aliphatic rings. The molecule has 1 aromatic heterocycles. The van der Waals surface area contributed by atoms with Crippen LogP contribution in [0.5, 0.6) is 0 Å². The van der Waals surface area contributed by atoms with Crippen LogP contribution >= 0.6 is 11.8 Å². The summed E-state index contributed by atoms with van der Waals surface area (Å²) in [5.41, 5.74) is 1.37. The molecule has 0 spiro atoms. The maximum absolute atomic E-state index is 12.3. The number of aryl methyl sites for hydroxylation is 1. The minimum absolute atomic E-state index is 0.0550. The van der Waals surface area contributed by atoms with Gasteiger partial charge in [0, 0.05) is 17.9 Å². The molecule has 1 heterocycles. The summed E-state index contributed by atoms with van der Waals surface area (Å²) in [5, 5.41) is 9.61. The van der Waals surface area contributed by atoms with Crippen molar-refractivity contribution < 1.29 is 8.42 Å². The highest BCUT2D eigenvalue weighted by molar-refractivity contribution is 7.99. The number of thioether (sulfide) groups is 1. The van der Waals surface area contributed by atoms with Crippen molar-refractivity contribution in [2.75, 3.05) is 12.3 Å². The van der Waals surface area contributed by atoms with Crippen LogP contribution < -0.4 is 10.3 Å². The number of rotatable bonds is 7. The van der Waals surface area contributed by atoms with Crippen LogP contribution in [-0.4, -0.2) is 30.7 Å². The molecule has 0 bridgehead atoms. The topological polar surface area (TPSA) is 116 Å². The Kier molecular flexibility index (Phi) is 6.49. The first-order valence-electron chi connectivity index (χ1n) is 8.69. The summed E-state index contributed by atoms with van der Waals surface area (Å²) in [5.74, 6) is 0.355. The second kappa shape index (κ2) is 9.05. The molecule has 0 saturated heterocycles. The Labute approximate surface area is 172 Å². The van der Waals surface area contributed by atoms with Gasteiger partial charge in [0.25, 0.3) is 5.56 Å². The van der Waals surface area contributed by atoms with Crippen LogP contribution in [0.3, 0.4) is 0 Å². The number of aromatic amines is 1. The third-order valence-corrected chi connectivity index (χ3v) is 6.37. The van der Waals surface area contributed by atoms with Crippen LogP contribution in [0.25, 0.3) is 11.3 Å². The fourth-order valence-electron chi connectivity index (χ4n) is 2.55. The fourth-order valence-corrected chi connectivity index (χ4v) is 4.43. The maximum atomic E-state index is 12.3. The van der Waals surface area contributed by atoms with E-state index in [9.17, 15) is 18.5 Å². The van der Waals surface area contributed by atoms with Crippen LogP contribution in [0.1, 0.15) is 11.1 Å². The lowest BCUT2D eigenvalue weighted by Gasteiger charge is -2.08. The molecular weight excluding hydrogens is 408 g/mol. The van der Waals surface area contributed by atoms with Gasteiger partial charge in [-0.3, -0.25) is 4.79 Å². The van der Waals surface area contributed by atoms with E-state index in [2.05, 4.69) is 14.7 Å². The Morgan fingerprint density at radius 3 is 2.48 bits per heavy atom. The summed E-state index contributed by atoms with van der Waals surface area (Å²) in [4.78, 5) is 19.4. The molecule has 0 radical (unpaired) electrons. The number of hydrogen-bond acceptors (Lipinski definition) is 6. The van der Waals surface area contributed by atoms with Crippen molar-refractivity contribution >= 4 is 21.8 Å². The van der Waals surface area contributed by atoms with Crippen LogP contribution in [0.2, 0.25) is 0 Å². The van der Waals surface area contributed by atoms with E-state index in [1.807, 2.05) is 19.1 Å². The van der Waals surface area contributed by atoms with Gasteiger partial charge in [0.15, 0.2) is 5.16 Å². The van der Waals surface area contributed by atoms with Gasteiger partial charge in [-0.2, -0.15) is 5.26 Å². The second-order valence-corrected chi connectivity index (χ2v) is 8.98. The van der Waals surface area contributed by atoms with Crippen LogP contribution in [0.4, 0.5) is 0 Å². The van der Waals surface area contributed by atoms with E-state index < -0.39 is 15.6 Å². The average molecular weight is 427 g/mol. The molecular formula is C20H18N4O3S2. The standard InChI is InChI=1S/C20H18N4O3S2/c1-14-7-9-16(10-8-14)29(26,27)22-11-12-28-20-23-18(15-5-3-2-4-6-15)17(13-21)19(25)24-20/h2-10,22H,11-12H2,1H3,(H,23,24,25). The lowest BCUT2D eigenvalue weighted by atomic mass is 10.1. The lowest BCUT2D eigenvalue weighted by molar-refractivity contribution is 0.584. The number of benzene rings is 2. The predicted molar refractivity (Wildman–Crippen MR) is 112 cm³/mol. The normalized spacial score (nSPS) is 11.2. The van der Waals surface area contributed by atoms with Crippen LogP contribution in [0, 0.1) is 18.3 Å². The lowest BCUT2D eigenvalue weighted by Crippen LogP contribution is -2.26. The summed E-state index contributed by atoms with van der Waals surface area (Å²) in [6.45, 7) is 2.04. The number of nitrogens with one attached hydrogen (secondary N) is 2. The summed E-state index contributed by atoms with van der Waals surface area (Å²) in [6.07, 6.45) is 0. The first-order chi connectivity index (χ1) is 13.9. The van der Waals surface area contributed by atoms with Crippen molar-refractivity contribution in [3.05, 3.63) is 76.1 Å². The Balaban J connectivity index is 1.70. The second-order valence-electron chi connectivity index (χ2n) is 6.13. The summed E-state index contributed by atoms with van der Waals surface area (Å²) < 4.78 is 27.1. The van der Waals surface area contributed by atoms with Gasteiger partial charge in [-0.15, -0.1) is 0 Å². The van der Waals surface area contributed by atoms with Gasteiger partial charge in [0.2, 0.25) is 10.0 Å². The number of hydrogen-bond donors (Lipinski definition) is 2. The average Bonchev–Trinajstić information content (AvgIpc) is 2.72. The molecule has 7 nitrogen and oxygen atoms in total. The SMILES string of the molecule is Cc1ccc(S(=O)(=O)NCCSc2nc(-c3ccccc3)c(C#N)c(=O)[nH]2)cc1. The first kappa shape index (κ1) is 20.8. The largest absolute Gasteiger partial charge is 0.300 e. The zero-order valence-corrected chi connectivity index (χ0v) is 17.2. The molecule has 2 N–H and O–H groups in total. The van der Waals surface area contributed by atoms with Crippen molar-refractivity contribution in [3.63, 3.8) is 0 Å². The number of nitrogens with zero attached hydrogens (tertiary/aromatic N) is 2. The van der Waals surface area contributed by atoms with Gasteiger partial charge in [-0.1, -0.05) is 59.8 Å². The first-order valence-corrected chi connectivity index (χ1v) is 11.2. The number of sulfonamides is 1. The highest BCUT2D eigenvalue weighted by Gasteiger charge is 2.15. The molecule has 29 heavy (non-hydrogen) atoms. The quantitative estimate of drug-likeness (QED) is 0.341. The third-order valence-electron chi connectivity index (χ3n) is 4.02. The highest BCUT2D eigenvalue weighted by Crippen LogP contribution is 2.21. The van der Waals surface area contributed by atoms with Crippen molar-refractivity contribution in [3.8, 4) is 17.3 Å². The fraction of sp³-hybridized carbons (Fsp3) is 0.150. The molecule has 3 rings (SSSR count). The molecule has 3 aromatic rings. The van der Waals surface area contributed by atoms with Gasteiger partial charge < -0.3 is 4.98 Å². The Hall–Kier alpha value is -2.93. The van der Waals surface area contributed by atoms with Gasteiger partial charge in [-0.05, 0) is 19.1 Å². The van der Waals surface area contributed by atoms with Gasteiger partial charge >= 0.3 is 0 Å². The monoisotopic (exact) mass is 426 g/mol.